The standard InChI is InChI=1S/C10H21NO2S/c1-10(2,3)14(12,13)7-5-9-4-6-11-8-9/h9,11H,4-8H2,1-3H3. The lowest BCUT2D eigenvalue weighted by Crippen LogP contribution is -2.31. The summed E-state index contributed by atoms with van der Waals surface area (Å²) in [6.45, 7) is 7.35. The van der Waals surface area contributed by atoms with Crippen molar-refractivity contribution in [3.8, 4) is 0 Å². The third-order valence-electron chi connectivity index (χ3n) is 2.89. The first-order chi connectivity index (χ1) is 6.33. The van der Waals surface area contributed by atoms with E-state index >= 15 is 0 Å². The summed E-state index contributed by atoms with van der Waals surface area (Å²) in [5.41, 5.74) is 0. The van der Waals surface area contributed by atoms with Gasteiger partial charge in [0, 0.05) is 0 Å². The molecule has 0 aliphatic carbocycles. The molecule has 1 N–H and O–H groups in total. The summed E-state index contributed by atoms with van der Waals surface area (Å²) in [5, 5.41) is 3.25. The molecule has 84 valence electrons. The SMILES string of the molecule is CC(C)(C)S(=O)(=O)CCC1CCNC1. The molecule has 1 heterocycles. The average molecular weight is 219 g/mol. The van der Waals surface area contributed by atoms with Gasteiger partial charge in [-0.1, -0.05) is 0 Å². The zero-order chi connectivity index (χ0) is 10.8. The minimum absolute atomic E-state index is 0.336. The number of hydrogen-bond acceptors (Lipinski definition) is 3. The molecule has 1 aliphatic rings. The Labute approximate surface area is 87.2 Å². The third-order valence-corrected chi connectivity index (χ3v) is 5.53. The van der Waals surface area contributed by atoms with Crippen molar-refractivity contribution in [3.05, 3.63) is 0 Å². The summed E-state index contributed by atoms with van der Waals surface area (Å²) in [6.07, 6.45) is 1.94. The van der Waals surface area contributed by atoms with Crippen LogP contribution in [0.1, 0.15) is 33.6 Å². The predicted molar refractivity (Wildman–Crippen MR) is 59.1 cm³/mol. The molecule has 1 atom stereocenters. The Balaban J connectivity index is 2.44. The van der Waals surface area contributed by atoms with Crippen molar-refractivity contribution in [2.75, 3.05) is 18.8 Å². The van der Waals surface area contributed by atoms with E-state index in [-0.39, 0.29) is 0 Å². The lowest BCUT2D eigenvalue weighted by molar-refractivity contribution is 0.528. The lowest BCUT2D eigenvalue weighted by atomic mass is 10.1. The number of rotatable bonds is 3. The Bertz CT molecular complexity index is 271. The molecule has 1 aliphatic heterocycles. The van der Waals surface area contributed by atoms with Crippen LogP contribution in [0.25, 0.3) is 0 Å². The van der Waals surface area contributed by atoms with E-state index in [4.69, 9.17) is 0 Å². The van der Waals surface area contributed by atoms with Crippen molar-refractivity contribution >= 4 is 9.84 Å². The summed E-state index contributed by atoms with van der Waals surface area (Å²) >= 11 is 0. The van der Waals surface area contributed by atoms with Crippen LogP contribution in [0.2, 0.25) is 0 Å². The first kappa shape index (κ1) is 12.0. The van der Waals surface area contributed by atoms with E-state index < -0.39 is 14.6 Å². The highest BCUT2D eigenvalue weighted by Crippen LogP contribution is 2.20. The van der Waals surface area contributed by atoms with Gasteiger partial charge in [0.05, 0.1) is 10.5 Å². The van der Waals surface area contributed by atoms with Gasteiger partial charge in [-0.25, -0.2) is 8.42 Å². The molecule has 0 aromatic heterocycles. The Kier molecular flexibility index (Phi) is 3.58. The van der Waals surface area contributed by atoms with E-state index in [2.05, 4.69) is 5.32 Å². The topological polar surface area (TPSA) is 46.2 Å². The minimum Gasteiger partial charge on any atom is -0.316 e. The van der Waals surface area contributed by atoms with E-state index in [0.717, 1.165) is 25.9 Å². The van der Waals surface area contributed by atoms with Crippen LogP contribution in [-0.2, 0) is 9.84 Å². The molecule has 0 aromatic carbocycles. The Morgan fingerprint density at radius 2 is 2.00 bits per heavy atom. The molecular formula is C10H21NO2S. The van der Waals surface area contributed by atoms with Crippen LogP contribution in [0.3, 0.4) is 0 Å². The highest BCUT2D eigenvalue weighted by Gasteiger charge is 2.29. The first-order valence-electron chi connectivity index (χ1n) is 5.26. The molecule has 3 nitrogen and oxygen atoms in total. The minimum atomic E-state index is -2.91. The van der Waals surface area contributed by atoms with Crippen molar-refractivity contribution in [2.45, 2.75) is 38.4 Å². The third kappa shape index (κ3) is 2.95. The van der Waals surface area contributed by atoms with Crippen LogP contribution in [0.15, 0.2) is 0 Å². The van der Waals surface area contributed by atoms with E-state index in [1.165, 1.54) is 0 Å². The maximum atomic E-state index is 11.8. The summed E-state index contributed by atoms with van der Waals surface area (Å²) in [4.78, 5) is 0. The fourth-order valence-electron chi connectivity index (χ4n) is 1.59. The smallest absolute Gasteiger partial charge is 0.155 e. The quantitative estimate of drug-likeness (QED) is 0.776. The number of sulfone groups is 1. The van der Waals surface area contributed by atoms with Crippen LogP contribution in [0.4, 0.5) is 0 Å². The van der Waals surface area contributed by atoms with Crippen molar-refractivity contribution in [1.82, 2.24) is 5.32 Å². The zero-order valence-electron chi connectivity index (χ0n) is 9.34. The fourth-order valence-corrected chi connectivity index (χ4v) is 2.84. The van der Waals surface area contributed by atoms with Crippen molar-refractivity contribution < 1.29 is 8.42 Å². The second-order valence-electron chi connectivity index (χ2n) is 5.08. The highest BCUT2D eigenvalue weighted by atomic mass is 32.2. The van der Waals surface area contributed by atoms with Gasteiger partial charge in [0.15, 0.2) is 9.84 Å². The number of nitrogens with one attached hydrogen (secondary N) is 1. The molecule has 0 amide bonds. The molecule has 1 unspecified atom stereocenters. The van der Waals surface area contributed by atoms with E-state index in [9.17, 15) is 8.42 Å². The van der Waals surface area contributed by atoms with Crippen LogP contribution >= 0.6 is 0 Å². The summed E-state index contributed by atoms with van der Waals surface area (Å²) in [5.74, 6) is 0.898. The summed E-state index contributed by atoms with van der Waals surface area (Å²) < 4.78 is 23.0. The number of hydrogen-bond donors (Lipinski definition) is 1. The molecule has 0 aromatic rings. The summed E-state index contributed by atoms with van der Waals surface area (Å²) in [6, 6.07) is 0. The highest BCUT2D eigenvalue weighted by molar-refractivity contribution is 7.92. The normalized spacial score (nSPS) is 24.1. The van der Waals surface area contributed by atoms with E-state index in [1.807, 2.05) is 0 Å². The van der Waals surface area contributed by atoms with Crippen LogP contribution < -0.4 is 5.32 Å². The van der Waals surface area contributed by atoms with Crippen LogP contribution in [0, 0.1) is 5.92 Å². The monoisotopic (exact) mass is 219 g/mol. The molecule has 14 heavy (non-hydrogen) atoms. The van der Waals surface area contributed by atoms with Crippen molar-refractivity contribution in [3.63, 3.8) is 0 Å². The molecule has 1 fully saturated rings. The Hall–Kier alpha value is -0.0900. The van der Waals surface area contributed by atoms with Crippen molar-refractivity contribution in [2.24, 2.45) is 5.92 Å². The van der Waals surface area contributed by atoms with E-state index in [0.29, 0.717) is 11.7 Å². The predicted octanol–water partition coefficient (Wildman–Crippen LogP) is 1.20. The molecule has 0 spiro atoms. The molecule has 0 saturated carbocycles. The second kappa shape index (κ2) is 4.19. The lowest BCUT2D eigenvalue weighted by Gasteiger charge is -2.20. The molecule has 0 radical (unpaired) electrons. The average Bonchev–Trinajstić information content (AvgIpc) is 2.50. The van der Waals surface area contributed by atoms with Crippen LogP contribution in [-0.4, -0.2) is 32.0 Å². The first-order valence-corrected chi connectivity index (χ1v) is 6.91. The van der Waals surface area contributed by atoms with Gasteiger partial charge in [0.2, 0.25) is 0 Å². The van der Waals surface area contributed by atoms with Gasteiger partial charge in [-0.3, -0.25) is 0 Å². The maximum absolute atomic E-state index is 11.8. The van der Waals surface area contributed by atoms with Crippen LogP contribution in [0.5, 0.6) is 0 Å². The van der Waals surface area contributed by atoms with Gasteiger partial charge >= 0.3 is 0 Å². The molecule has 4 heteroatoms. The van der Waals surface area contributed by atoms with Crippen molar-refractivity contribution in [1.29, 1.82) is 0 Å². The van der Waals surface area contributed by atoms with Gasteiger partial charge in [0.1, 0.15) is 0 Å². The molecular weight excluding hydrogens is 198 g/mol. The molecule has 1 rings (SSSR count). The summed E-state index contributed by atoms with van der Waals surface area (Å²) in [7, 11) is -2.91. The molecule has 0 bridgehead atoms. The zero-order valence-corrected chi connectivity index (χ0v) is 10.2. The van der Waals surface area contributed by atoms with Gasteiger partial charge < -0.3 is 5.32 Å². The Morgan fingerprint density at radius 3 is 2.43 bits per heavy atom. The fraction of sp³-hybridized carbons (Fsp3) is 1.00. The Morgan fingerprint density at radius 1 is 1.36 bits per heavy atom. The largest absolute Gasteiger partial charge is 0.316 e. The van der Waals surface area contributed by atoms with Gasteiger partial charge in [-0.2, -0.15) is 0 Å². The van der Waals surface area contributed by atoms with Gasteiger partial charge in [0.25, 0.3) is 0 Å². The maximum Gasteiger partial charge on any atom is 0.155 e. The van der Waals surface area contributed by atoms with E-state index in [1.54, 1.807) is 20.8 Å². The van der Waals surface area contributed by atoms with Gasteiger partial charge in [-0.15, -0.1) is 0 Å². The molecule has 1 saturated heterocycles. The second-order valence-corrected chi connectivity index (χ2v) is 7.94. The van der Waals surface area contributed by atoms with Gasteiger partial charge in [-0.05, 0) is 52.6 Å².